The van der Waals surface area contributed by atoms with Gasteiger partial charge in [0, 0.05) is 44.0 Å². The summed E-state index contributed by atoms with van der Waals surface area (Å²) >= 11 is 1.33. The molecule has 1 aromatic carbocycles. The third-order valence-electron chi connectivity index (χ3n) is 6.74. The maximum absolute atomic E-state index is 13.2. The fourth-order valence-corrected chi connectivity index (χ4v) is 5.49. The Kier molecular flexibility index (Phi) is 6.07. The van der Waals surface area contributed by atoms with E-state index in [-0.39, 0.29) is 24.2 Å². The lowest BCUT2D eigenvalue weighted by molar-refractivity contribution is -0.274. The molecule has 3 heterocycles. The molecule has 7 nitrogen and oxygen atoms in total. The van der Waals surface area contributed by atoms with Crippen LogP contribution in [0.5, 0.6) is 5.75 Å². The fourth-order valence-electron chi connectivity index (χ4n) is 4.96. The summed E-state index contributed by atoms with van der Waals surface area (Å²) in [6.07, 6.45) is -1.19. The summed E-state index contributed by atoms with van der Waals surface area (Å²) in [4.78, 5) is 28.9. The number of carbonyl (C=O) groups is 1. The molecule has 3 atom stereocenters. The second kappa shape index (κ2) is 9.03. The predicted octanol–water partition coefficient (Wildman–Crippen LogP) is 4.35. The van der Waals surface area contributed by atoms with Gasteiger partial charge in [0.25, 0.3) is 5.91 Å². The summed E-state index contributed by atoms with van der Waals surface area (Å²) < 4.78 is 42.0. The Labute approximate surface area is 198 Å². The van der Waals surface area contributed by atoms with Crippen molar-refractivity contribution in [1.82, 2.24) is 24.8 Å². The highest BCUT2D eigenvalue weighted by Gasteiger charge is 2.56. The van der Waals surface area contributed by atoms with Crippen molar-refractivity contribution in [2.75, 3.05) is 19.6 Å². The number of nitrogens with zero attached hydrogens (tertiary/aromatic N) is 4. The van der Waals surface area contributed by atoms with Crippen LogP contribution in [0.25, 0.3) is 0 Å². The molecule has 0 spiro atoms. The molecule has 3 aromatic rings. The number of rotatable bonds is 8. The van der Waals surface area contributed by atoms with Gasteiger partial charge in [0.15, 0.2) is 0 Å². The zero-order chi connectivity index (χ0) is 23.9. The van der Waals surface area contributed by atoms with Crippen LogP contribution in [0, 0.1) is 17.8 Å². The number of piperidine rings is 1. The van der Waals surface area contributed by atoms with Crippen LogP contribution < -0.4 is 4.74 Å². The predicted molar refractivity (Wildman–Crippen MR) is 119 cm³/mol. The molecule has 34 heavy (non-hydrogen) atoms. The van der Waals surface area contributed by atoms with Gasteiger partial charge in [-0.3, -0.25) is 9.69 Å². The highest BCUT2D eigenvalue weighted by molar-refractivity contribution is 7.07. The minimum atomic E-state index is -4.77. The first kappa shape index (κ1) is 22.9. The van der Waals surface area contributed by atoms with E-state index >= 15 is 0 Å². The normalized spacial score (nSPS) is 22.9. The number of nitrogens with one attached hydrogen (secondary N) is 1. The lowest BCUT2D eigenvalue weighted by Gasteiger charge is -2.27. The van der Waals surface area contributed by atoms with E-state index in [1.807, 2.05) is 6.20 Å². The average molecular weight is 492 g/mol. The van der Waals surface area contributed by atoms with Crippen LogP contribution in [0.1, 0.15) is 34.8 Å². The maximum atomic E-state index is 13.2. The highest BCUT2D eigenvalue weighted by Crippen LogP contribution is 2.53. The monoisotopic (exact) mass is 491 g/mol. The molecular weight excluding hydrogens is 467 g/mol. The number of aromatic nitrogens is 3. The van der Waals surface area contributed by atoms with Crippen LogP contribution in [0.3, 0.4) is 0 Å². The second-order valence-corrected chi connectivity index (χ2v) is 9.57. The van der Waals surface area contributed by atoms with E-state index in [0.29, 0.717) is 35.6 Å². The summed E-state index contributed by atoms with van der Waals surface area (Å²) in [5, 5.41) is 1.69. The molecule has 1 amide bonds. The summed E-state index contributed by atoms with van der Waals surface area (Å²) in [6, 6.07) is 5.98. The van der Waals surface area contributed by atoms with E-state index in [4.69, 9.17) is 0 Å². The van der Waals surface area contributed by atoms with Crippen LogP contribution in [-0.4, -0.2) is 56.7 Å². The second-order valence-electron chi connectivity index (χ2n) is 8.85. The first-order valence-corrected chi connectivity index (χ1v) is 12.0. The van der Waals surface area contributed by atoms with Crippen molar-refractivity contribution in [2.24, 2.45) is 17.8 Å². The number of aromatic amines is 1. The van der Waals surface area contributed by atoms with Crippen LogP contribution >= 0.6 is 11.3 Å². The van der Waals surface area contributed by atoms with Crippen molar-refractivity contribution in [3.05, 3.63) is 64.6 Å². The van der Waals surface area contributed by atoms with Crippen molar-refractivity contribution >= 4 is 17.2 Å². The molecule has 1 N–H and O–H groups in total. The number of hydrogen-bond donors (Lipinski definition) is 1. The van der Waals surface area contributed by atoms with Gasteiger partial charge in [-0.05, 0) is 42.4 Å². The molecule has 11 heteroatoms. The number of fused-ring (bicyclic) bond motifs is 1. The molecule has 0 radical (unpaired) electrons. The zero-order valence-electron chi connectivity index (χ0n) is 18.4. The zero-order valence-corrected chi connectivity index (χ0v) is 19.2. The van der Waals surface area contributed by atoms with Gasteiger partial charge in [-0.1, -0.05) is 12.1 Å². The van der Waals surface area contributed by atoms with Crippen LogP contribution in [-0.2, 0) is 6.54 Å². The van der Waals surface area contributed by atoms with Gasteiger partial charge in [0.05, 0.1) is 11.6 Å². The Bertz CT molecular complexity index is 1110. The topological polar surface area (TPSA) is 74.3 Å². The molecule has 1 aliphatic heterocycles. The minimum absolute atomic E-state index is 0.188. The number of halogens is 3. The molecule has 0 bridgehead atoms. The minimum Gasteiger partial charge on any atom is -0.406 e. The van der Waals surface area contributed by atoms with E-state index in [1.165, 1.54) is 29.5 Å². The van der Waals surface area contributed by atoms with Gasteiger partial charge in [-0.25, -0.2) is 9.97 Å². The number of H-pyrrole nitrogens is 1. The van der Waals surface area contributed by atoms with Crippen LogP contribution in [0.15, 0.2) is 47.5 Å². The number of imidazole rings is 1. The smallest absolute Gasteiger partial charge is 0.406 e. The Morgan fingerprint density at radius 1 is 1.32 bits per heavy atom. The van der Waals surface area contributed by atoms with Gasteiger partial charge in [0.2, 0.25) is 0 Å². The first-order valence-electron chi connectivity index (χ1n) is 11.0. The number of ether oxygens (including phenoxy) is 1. The number of carbonyl (C=O) groups excluding carboxylic acids is 1. The van der Waals surface area contributed by atoms with Crippen molar-refractivity contribution in [3.63, 3.8) is 0 Å². The SMILES string of the molecule is CC(c1ncc[nH]1)N1CC2C(CN(Cc3cccc(OC(F)(F)F)c3)C(=O)c3cscn3)C2C1. The molecule has 3 unspecified atom stereocenters. The number of amides is 1. The van der Waals surface area contributed by atoms with Crippen LogP contribution in [0.4, 0.5) is 13.2 Å². The van der Waals surface area contributed by atoms with Crippen molar-refractivity contribution in [3.8, 4) is 5.75 Å². The Morgan fingerprint density at radius 3 is 2.76 bits per heavy atom. The number of alkyl halides is 3. The van der Waals surface area contributed by atoms with Gasteiger partial charge in [0.1, 0.15) is 17.3 Å². The third-order valence-corrected chi connectivity index (χ3v) is 7.32. The van der Waals surface area contributed by atoms with E-state index in [2.05, 4.69) is 31.5 Å². The van der Waals surface area contributed by atoms with Gasteiger partial charge < -0.3 is 14.6 Å². The Morgan fingerprint density at radius 2 is 2.12 bits per heavy atom. The van der Waals surface area contributed by atoms with Crippen molar-refractivity contribution < 1.29 is 22.7 Å². The Hall–Kier alpha value is -2.92. The molecule has 2 aromatic heterocycles. The molecule has 1 aliphatic carbocycles. The maximum Gasteiger partial charge on any atom is 0.573 e. The van der Waals surface area contributed by atoms with E-state index in [9.17, 15) is 18.0 Å². The average Bonchev–Trinajstić information content (AvgIpc) is 3.37. The molecule has 5 rings (SSSR count). The van der Waals surface area contributed by atoms with Gasteiger partial charge in [-0.15, -0.1) is 24.5 Å². The molecule has 180 valence electrons. The molecule has 1 saturated heterocycles. The lowest BCUT2D eigenvalue weighted by Crippen LogP contribution is -2.35. The third kappa shape index (κ3) is 4.95. The highest BCUT2D eigenvalue weighted by atomic mass is 32.1. The van der Waals surface area contributed by atoms with Crippen LogP contribution in [0.2, 0.25) is 0 Å². The van der Waals surface area contributed by atoms with Gasteiger partial charge in [-0.2, -0.15) is 0 Å². The Balaban J connectivity index is 1.26. The number of likely N-dealkylation sites (tertiary alicyclic amines) is 1. The molecule has 1 saturated carbocycles. The standard InChI is InChI=1S/C23H24F3N5O2S/c1-14(21-27-5-6-28-21)30-9-17-18(10-30)19(17)11-31(22(32)20-12-34-13-29-20)8-15-3-2-4-16(7-15)33-23(24,25)26/h2-7,12-14,17-19H,8-11H2,1H3,(H,27,28). The summed E-state index contributed by atoms with van der Waals surface area (Å²) in [5.74, 6) is 1.77. The van der Waals surface area contributed by atoms with Crippen molar-refractivity contribution in [2.45, 2.75) is 25.9 Å². The molecular formula is C23H24F3N5O2S. The number of thiazole rings is 1. The summed E-state index contributed by atoms with van der Waals surface area (Å²) in [6.45, 7) is 4.73. The van der Waals surface area contributed by atoms with E-state index in [1.54, 1.807) is 28.1 Å². The first-order chi connectivity index (χ1) is 16.3. The fraction of sp³-hybridized carbons (Fsp3) is 0.435. The van der Waals surface area contributed by atoms with E-state index in [0.717, 1.165) is 18.9 Å². The van der Waals surface area contributed by atoms with E-state index < -0.39 is 6.36 Å². The van der Waals surface area contributed by atoms with Crippen molar-refractivity contribution in [1.29, 1.82) is 0 Å². The molecule has 2 fully saturated rings. The number of benzene rings is 1. The molecule has 2 aliphatic rings. The van der Waals surface area contributed by atoms with Gasteiger partial charge >= 0.3 is 6.36 Å². The summed E-state index contributed by atoms with van der Waals surface area (Å²) in [7, 11) is 0. The summed E-state index contributed by atoms with van der Waals surface area (Å²) in [5.41, 5.74) is 2.53. The largest absolute Gasteiger partial charge is 0.573 e. The quantitative estimate of drug-likeness (QED) is 0.507. The lowest BCUT2D eigenvalue weighted by atomic mass is 10.1. The number of hydrogen-bond acceptors (Lipinski definition) is 6.